The first-order valence-corrected chi connectivity index (χ1v) is 9.30. The molecule has 0 saturated carbocycles. The molecule has 0 bridgehead atoms. The summed E-state index contributed by atoms with van der Waals surface area (Å²) in [4.78, 5) is 12.5. The lowest BCUT2D eigenvalue weighted by molar-refractivity contribution is 0.102. The Balaban J connectivity index is 2.26. The molecule has 2 rings (SSSR count). The quantitative estimate of drug-likeness (QED) is 0.873. The number of sulfonamides is 1. The molecule has 0 unspecified atom stereocenters. The number of rotatable bonds is 6. The second-order valence-electron chi connectivity index (χ2n) is 5.44. The monoisotopic (exact) mass is 346 g/mol. The number of anilines is 1. The molecule has 1 amide bonds. The fourth-order valence-corrected chi connectivity index (χ4v) is 3.85. The van der Waals surface area contributed by atoms with Gasteiger partial charge >= 0.3 is 0 Å². The smallest absolute Gasteiger partial charge is 0.255 e. The Morgan fingerprint density at radius 2 is 1.67 bits per heavy atom. The van der Waals surface area contributed by atoms with Crippen LogP contribution in [0.15, 0.2) is 53.4 Å². The fourth-order valence-electron chi connectivity index (χ4n) is 2.35. The fraction of sp³-hybridized carbons (Fsp3) is 0.278. The molecule has 0 radical (unpaired) electrons. The first kappa shape index (κ1) is 18.2. The van der Waals surface area contributed by atoms with Crippen molar-refractivity contribution in [3.05, 3.63) is 59.7 Å². The predicted octanol–water partition coefficient (Wildman–Crippen LogP) is 3.28. The molecule has 0 heterocycles. The molecule has 0 aliphatic rings. The molecular formula is C18H22N2O3S. The molecular weight excluding hydrogens is 324 g/mol. The van der Waals surface area contributed by atoms with E-state index in [4.69, 9.17) is 0 Å². The molecule has 6 heteroatoms. The molecule has 1 N–H and O–H groups in total. The van der Waals surface area contributed by atoms with Crippen LogP contribution in [0.1, 0.15) is 29.8 Å². The van der Waals surface area contributed by atoms with Crippen molar-refractivity contribution in [2.75, 3.05) is 18.4 Å². The van der Waals surface area contributed by atoms with Crippen molar-refractivity contribution in [2.24, 2.45) is 0 Å². The maximum atomic E-state index is 12.6. The van der Waals surface area contributed by atoms with Crippen molar-refractivity contribution < 1.29 is 13.2 Å². The van der Waals surface area contributed by atoms with E-state index in [2.05, 4.69) is 5.32 Å². The Labute approximate surface area is 143 Å². The van der Waals surface area contributed by atoms with Gasteiger partial charge in [-0.05, 0) is 37.3 Å². The molecule has 24 heavy (non-hydrogen) atoms. The molecule has 0 fully saturated rings. The Bertz CT molecular complexity index is 810. The van der Waals surface area contributed by atoms with Gasteiger partial charge in [0.1, 0.15) is 0 Å². The molecule has 128 valence electrons. The SMILES string of the molecule is CCN(CC)S(=O)(=O)c1cccc(C(=O)Nc2ccc(C)cc2)c1. The summed E-state index contributed by atoms with van der Waals surface area (Å²) >= 11 is 0. The number of hydrogen-bond acceptors (Lipinski definition) is 3. The highest BCUT2D eigenvalue weighted by Gasteiger charge is 2.22. The van der Waals surface area contributed by atoms with Gasteiger partial charge in [0.05, 0.1) is 4.90 Å². The van der Waals surface area contributed by atoms with Crippen molar-refractivity contribution in [2.45, 2.75) is 25.7 Å². The Hall–Kier alpha value is -2.18. The molecule has 0 aromatic heterocycles. The summed E-state index contributed by atoms with van der Waals surface area (Å²) in [5, 5.41) is 2.77. The molecule has 0 aliphatic carbocycles. The van der Waals surface area contributed by atoms with E-state index in [1.165, 1.54) is 16.4 Å². The van der Waals surface area contributed by atoms with Crippen LogP contribution in [0.4, 0.5) is 5.69 Å². The van der Waals surface area contributed by atoms with E-state index in [1.807, 2.05) is 31.2 Å². The Morgan fingerprint density at radius 1 is 1.04 bits per heavy atom. The number of benzene rings is 2. The van der Waals surface area contributed by atoms with Crippen molar-refractivity contribution >= 4 is 21.6 Å². The van der Waals surface area contributed by atoms with Gasteiger partial charge in [-0.2, -0.15) is 4.31 Å². The average molecular weight is 346 g/mol. The van der Waals surface area contributed by atoms with Crippen LogP contribution in [0.2, 0.25) is 0 Å². The maximum Gasteiger partial charge on any atom is 0.255 e. The minimum Gasteiger partial charge on any atom is -0.322 e. The number of nitrogens with zero attached hydrogens (tertiary/aromatic N) is 1. The highest BCUT2D eigenvalue weighted by atomic mass is 32.2. The van der Waals surface area contributed by atoms with Gasteiger partial charge in [-0.1, -0.05) is 37.6 Å². The van der Waals surface area contributed by atoms with Gasteiger partial charge < -0.3 is 5.32 Å². The van der Waals surface area contributed by atoms with Gasteiger partial charge in [0.25, 0.3) is 5.91 Å². The molecule has 5 nitrogen and oxygen atoms in total. The number of nitrogens with one attached hydrogen (secondary N) is 1. The van der Waals surface area contributed by atoms with E-state index < -0.39 is 10.0 Å². The van der Waals surface area contributed by atoms with Crippen LogP contribution in [-0.2, 0) is 10.0 Å². The van der Waals surface area contributed by atoms with Crippen LogP contribution in [0, 0.1) is 6.92 Å². The number of carbonyl (C=O) groups excluding carboxylic acids is 1. The van der Waals surface area contributed by atoms with Crippen LogP contribution in [0.5, 0.6) is 0 Å². The standard InChI is InChI=1S/C18H22N2O3S/c1-4-20(5-2)24(22,23)17-8-6-7-15(13-17)18(21)19-16-11-9-14(3)10-12-16/h6-13H,4-5H2,1-3H3,(H,19,21). The Kier molecular flexibility index (Phi) is 5.75. The normalized spacial score (nSPS) is 11.5. The zero-order valence-corrected chi connectivity index (χ0v) is 14.9. The lowest BCUT2D eigenvalue weighted by Gasteiger charge is -2.18. The summed E-state index contributed by atoms with van der Waals surface area (Å²) in [5.41, 5.74) is 2.08. The summed E-state index contributed by atoms with van der Waals surface area (Å²) < 4.78 is 26.5. The van der Waals surface area contributed by atoms with Crippen molar-refractivity contribution in [1.29, 1.82) is 0 Å². The second kappa shape index (κ2) is 7.59. The minimum absolute atomic E-state index is 0.128. The third-order valence-electron chi connectivity index (χ3n) is 3.75. The summed E-state index contributed by atoms with van der Waals surface area (Å²) in [6.45, 7) is 6.31. The van der Waals surface area contributed by atoms with E-state index in [-0.39, 0.29) is 10.8 Å². The van der Waals surface area contributed by atoms with E-state index in [0.29, 0.717) is 24.3 Å². The molecule has 0 spiro atoms. The predicted molar refractivity (Wildman–Crippen MR) is 95.7 cm³/mol. The molecule has 2 aromatic carbocycles. The second-order valence-corrected chi connectivity index (χ2v) is 7.38. The number of amides is 1. The van der Waals surface area contributed by atoms with Crippen molar-refractivity contribution in [1.82, 2.24) is 4.31 Å². The van der Waals surface area contributed by atoms with Gasteiger partial charge in [-0.3, -0.25) is 4.79 Å². The summed E-state index contributed by atoms with van der Waals surface area (Å²) in [5.74, 6) is -0.338. The summed E-state index contributed by atoms with van der Waals surface area (Å²) in [6, 6.07) is 13.5. The van der Waals surface area contributed by atoms with Crippen LogP contribution < -0.4 is 5.32 Å². The van der Waals surface area contributed by atoms with Crippen LogP contribution >= 0.6 is 0 Å². The minimum atomic E-state index is -3.58. The van der Waals surface area contributed by atoms with Gasteiger partial charge in [0.15, 0.2) is 0 Å². The first-order chi connectivity index (χ1) is 11.4. The van der Waals surface area contributed by atoms with Crippen LogP contribution in [0.3, 0.4) is 0 Å². The lowest BCUT2D eigenvalue weighted by atomic mass is 10.2. The maximum absolute atomic E-state index is 12.6. The molecule has 2 aromatic rings. The van der Waals surface area contributed by atoms with E-state index >= 15 is 0 Å². The third-order valence-corrected chi connectivity index (χ3v) is 5.79. The lowest BCUT2D eigenvalue weighted by Crippen LogP contribution is -2.30. The zero-order chi connectivity index (χ0) is 17.7. The average Bonchev–Trinajstić information content (AvgIpc) is 2.58. The summed E-state index contributed by atoms with van der Waals surface area (Å²) in [6.07, 6.45) is 0. The molecule has 0 atom stereocenters. The van der Waals surface area contributed by atoms with Gasteiger partial charge in [0, 0.05) is 24.3 Å². The molecule has 0 saturated heterocycles. The number of carbonyl (C=O) groups is 1. The van der Waals surface area contributed by atoms with Crippen LogP contribution in [-0.4, -0.2) is 31.7 Å². The van der Waals surface area contributed by atoms with Crippen molar-refractivity contribution in [3.63, 3.8) is 0 Å². The van der Waals surface area contributed by atoms with E-state index in [9.17, 15) is 13.2 Å². The highest BCUT2D eigenvalue weighted by Crippen LogP contribution is 2.18. The largest absolute Gasteiger partial charge is 0.322 e. The third kappa shape index (κ3) is 4.01. The van der Waals surface area contributed by atoms with Gasteiger partial charge in [-0.25, -0.2) is 8.42 Å². The Morgan fingerprint density at radius 3 is 2.25 bits per heavy atom. The van der Waals surface area contributed by atoms with Gasteiger partial charge in [0.2, 0.25) is 10.0 Å². The van der Waals surface area contributed by atoms with Crippen LogP contribution in [0.25, 0.3) is 0 Å². The molecule has 0 aliphatic heterocycles. The number of hydrogen-bond donors (Lipinski definition) is 1. The van der Waals surface area contributed by atoms with E-state index in [0.717, 1.165) is 5.56 Å². The summed E-state index contributed by atoms with van der Waals surface area (Å²) in [7, 11) is -3.58. The first-order valence-electron chi connectivity index (χ1n) is 7.86. The van der Waals surface area contributed by atoms with Crippen molar-refractivity contribution in [3.8, 4) is 0 Å². The number of aryl methyl sites for hydroxylation is 1. The topological polar surface area (TPSA) is 66.5 Å². The zero-order valence-electron chi connectivity index (χ0n) is 14.1. The highest BCUT2D eigenvalue weighted by molar-refractivity contribution is 7.89. The van der Waals surface area contributed by atoms with Gasteiger partial charge in [-0.15, -0.1) is 0 Å². The van der Waals surface area contributed by atoms with E-state index in [1.54, 1.807) is 26.0 Å².